The molecule has 7 heteroatoms. The van der Waals surface area contributed by atoms with E-state index in [1.807, 2.05) is 37.3 Å². The molecule has 0 unspecified atom stereocenters. The Morgan fingerprint density at radius 1 is 1.26 bits per heavy atom. The van der Waals surface area contributed by atoms with Crippen LogP contribution in [0.25, 0.3) is 11.0 Å². The van der Waals surface area contributed by atoms with Gasteiger partial charge in [-0.3, -0.25) is 0 Å². The zero-order valence-electron chi connectivity index (χ0n) is 12.8. The van der Waals surface area contributed by atoms with Crippen molar-refractivity contribution >= 4 is 34.6 Å². The average Bonchev–Trinajstić information content (AvgIpc) is 2.89. The van der Waals surface area contributed by atoms with Gasteiger partial charge in [-0.05, 0) is 25.1 Å². The summed E-state index contributed by atoms with van der Waals surface area (Å²) in [6.07, 6.45) is 1.73. The van der Waals surface area contributed by atoms with Gasteiger partial charge in [0, 0.05) is 30.6 Å². The maximum atomic E-state index is 6.34. The Hall–Kier alpha value is -1.76. The van der Waals surface area contributed by atoms with Crippen molar-refractivity contribution < 1.29 is 9.47 Å². The molecule has 0 fully saturated rings. The molecule has 0 saturated heterocycles. The Kier molecular flexibility index (Phi) is 5.05. The molecule has 0 N–H and O–H groups in total. The predicted molar refractivity (Wildman–Crippen MR) is 92.0 cm³/mol. The van der Waals surface area contributed by atoms with E-state index in [2.05, 4.69) is 9.97 Å². The second kappa shape index (κ2) is 7.21. The van der Waals surface area contributed by atoms with Crippen LogP contribution in [0.2, 0.25) is 0 Å². The lowest BCUT2D eigenvalue weighted by atomic mass is 10.3. The van der Waals surface area contributed by atoms with Crippen LogP contribution in [0.5, 0.6) is 5.75 Å². The largest absolute Gasteiger partial charge is 0.467 e. The number of hydrogen-bond acceptors (Lipinski definition) is 5. The summed E-state index contributed by atoms with van der Waals surface area (Å²) in [5.41, 5.74) is 2.78. The minimum atomic E-state index is 0.215. The number of fused-ring (bicyclic) bond motifs is 1. The summed E-state index contributed by atoms with van der Waals surface area (Å²) in [6, 6.07) is 9.63. The van der Waals surface area contributed by atoms with Crippen molar-refractivity contribution in [2.24, 2.45) is 0 Å². The third-order valence-electron chi connectivity index (χ3n) is 3.35. The van der Waals surface area contributed by atoms with Crippen molar-refractivity contribution in [1.29, 1.82) is 0 Å². The van der Waals surface area contributed by atoms with Gasteiger partial charge >= 0.3 is 0 Å². The summed E-state index contributed by atoms with van der Waals surface area (Å²) in [5.74, 6) is 2.19. The molecule has 120 valence electrons. The summed E-state index contributed by atoms with van der Waals surface area (Å²) < 4.78 is 12.1. The predicted octanol–water partition coefficient (Wildman–Crippen LogP) is 4.02. The number of methoxy groups -OCH3 is 1. The quantitative estimate of drug-likeness (QED) is 0.497. The molecular formula is C16H16ClN3O2S. The molecule has 5 nitrogen and oxygen atoms in total. The summed E-state index contributed by atoms with van der Waals surface area (Å²) >= 11 is 7.92. The first-order chi connectivity index (χ1) is 11.2. The summed E-state index contributed by atoms with van der Waals surface area (Å²) in [7, 11) is 1.59. The number of hydrogen-bond donors (Lipinski definition) is 0. The van der Waals surface area contributed by atoms with Crippen molar-refractivity contribution in [3.8, 4) is 5.75 Å². The summed E-state index contributed by atoms with van der Waals surface area (Å²) in [6.45, 7) is 2.19. The fourth-order valence-electron chi connectivity index (χ4n) is 2.19. The zero-order valence-corrected chi connectivity index (χ0v) is 14.4. The van der Waals surface area contributed by atoms with E-state index in [0.717, 1.165) is 33.2 Å². The van der Waals surface area contributed by atoms with Gasteiger partial charge in [0.15, 0.2) is 6.79 Å². The van der Waals surface area contributed by atoms with Crippen LogP contribution >= 0.6 is 23.5 Å². The molecule has 0 aliphatic carbocycles. The van der Waals surface area contributed by atoms with Gasteiger partial charge in [0.25, 0.3) is 0 Å². The first-order valence-electron chi connectivity index (χ1n) is 7.03. The SMILES string of the molecule is COCOc1ccnc(SCc2nc3ccccc3n2Cl)c1C. The third kappa shape index (κ3) is 3.44. The van der Waals surface area contributed by atoms with Crippen molar-refractivity contribution in [3.63, 3.8) is 0 Å². The third-order valence-corrected chi connectivity index (χ3v) is 4.81. The van der Waals surface area contributed by atoms with Crippen LogP contribution in [0.4, 0.5) is 0 Å². The van der Waals surface area contributed by atoms with Crippen LogP contribution in [-0.4, -0.2) is 28.0 Å². The van der Waals surface area contributed by atoms with Crippen molar-refractivity contribution in [1.82, 2.24) is 14.1 Å². The van der Waals surface area contributed by atoms with Gasteiger partial charge in [-0.15, -0.1) is 0 Å². The molecule has 0 amide bonds. The number of thioether (sulfide) groups is 1. The van der Waals surface area contributed by atoms with Gasteiger partial charge in [-0.2, -0.15) is 0 Å². The molecule has 23 heavy (non-hydrogen) atoms. The number of rotatable bonds is 6. The smallest absolute Gasteiger partial charge is 0.188 e. The number of imidazole rings is 1. The van der Waals surface area contributed by atoms with Crippen LogP contribution in [0.3, 0.4) is 0 Å². The Morgan fingerprint density at radius 2 is 2.09 bits per heavy atom. The zero-order chi connectivity index (χ0) is 16.2. The molecule has 0 saturated carbocycles. The topological polar surface area (TPSA) is 49.2 Å². The highest BCUT2D eigenvalue weighted by Crippen LogP contribution is 2.30. The highest BCUT2D eigenvalue weighted by molar-refractivity contribution is 7.98. The Bertz CT molecular complexity index is 822. The molecule has 1 aromatic carbocycles. The highest BCUT2D eigenvalue weighted by Gasteiger charge is 2.12. The number of halogens is 1. The van der Waals surface area contributed by atoms with Crippen LogP contribution in [-0.2, 0) is 10.5 Å². The first kappa shape index (κ1) is 16.1. The van der Waals surface area contributed by atoms with E-state index in [4.69, 9.17) is 21.3 Å². The minimum absolute atomic E-state index is 0.215. The maximum Gasteiger partial charge on any atom is 0.188 e. The fourth-order valence-corrected chi connectivity index (χ4v) is 3.42. The van der Waals surface area contributed by atoms with Gasteiger partial charge in [0.1, 0.15) is 16.6 Å². The van der Waals surface area contributed by atoms with Crippen LogP contribution in [0.1, 0.15) is 11.4 Å². The molecule has 2 heterocycles. The lowest BCUT2D eigenvalue weighted by Crippen LogP contribution is -2.01. The number of para-hydroxylation sites is 2. The van der Waals surface area contributed by atoms with E-state index in [-0.39, 0.29) is 6.79 Å². The monoisotopic (exact) mass is 349 g/mol. The molecule has 0 bridgehead atoms. The number of ether oxygens (including phenoxy) is 2. The van der Waals surface area contributed by atoms with E-state index >= 15 is 0 Å². The molecule has 0 atom stereocenters. The molecule has 2 aromatic heterocycles. The summed E-state index contributed by atoms with van der Waals surface area (Å²) in [5, 5.41) is 0.891. The normalized spacial score (nSPS) is 11.1. The van der Waals surface area contributed by atoms with E-state index < -0.39 is 0 Å². The minimum Gasteiger partial charge on any atom is -0.467 e. The highest BCUT2D eigenvalue weighted by atomic mass is 35.5. The van der Waals surface area contributed by atoms with E-state index in [1.165, 1.54) is 0 Å². The van der Waals surface area contributed by atoms with E-state index in [9.17, 15) is 0 Å². The van der Waals surface area contributed by atoms with E-state index in [1.54, 1.807) is 29.2 Å². The van der Waals surface area contributed by atoms with Crippen LogP contribution < -0.4 is 4.74 Å². The maximum absolute atomic E-state index is 6.34. The molecule has 0 aliphatic heterocycles. The van der Waals surface area contributed by atoms with Gasteiger partial charge in [0.05, 0.1) is 16.8 Å². The van der Waals surface area contributed by atoms with Crippen molar-refractivity contribution in [2.45, 2.75) is 17.7 Å². The van der Waals surface area contributed by atoms with E-state index in [0.29, 0.717) is 5.75 Å². The fraction of sp³-hybridized carbons (Fsp3) is 0.250. The summed E-state index contributed by atoms with van der Waals surface area (Å²) in [4.78, 5) is 8.97. The second-order valence-electron chi connectivity index (χ2n) is 4.88. The van der Waals surface area contributed by atoms with Gasteiger partial charge in [-0.25, -0.2) is 14.1 Å². The Balaban J connectivity index is 1.78. The molecule has 3 rings (SSSR count). The Labute approximate surface area is 143 Å². The number of nitrogens with zero attached hydrogens (tertiary/aromatic N) is 3. The van der Waals surface area contributed by atoms with Crippen molar-refractivity contribution in [3.05, 3.63) is 47.9 Å². The van der Waals surface area contributed by atoms with Crippen molar-refractivity contribution in [2.75, 3.05) is 13.9 Å². The number of pyridine rings is 1. The number of benzene rings is 1. The Morgan fingerprint density at radius 3 is 2.87 bits per heavy atom. The van der Waals surface area contributed by atoms with Gasteiger partial charge < -0.3 is 9.47 Å². The molecule has 0 spiro atoms. The first-order valence-corrected chi connectivity index (χ1v) is 8.35. The molecular weight excluding hydrogens is 334 g/mol. The van der Waals surface area contributed by atoms with Crippen LogP contribution in [0, 0.1) is 6.92 Å². The molecule has 0 aliphatic rings. The van der Waals surface area contributed by atoms with Gasteiger partial charge in [0.2, 0.25) is 0 Å². The average molecular weight is 350 g/mol. The lowest BCUT2D eigenvalue weighted by Gasteiger charge is -2.10. The molecule has 0 radical (unpaired) electrons. The molecule has 3 aromatic rings. The standard InChI is InChI=1S/C16H16ClN3O2S/c1-11-14(22-10-21-2)7-8-18-16(11)23-9-15-19-12-5-3-4-6-13(12)20(15)17/h3-8H,9-10H2,1-2H3. The van der Waals surface area contributed by atoms with Gasteiger partial charge in [-0.1, -0.05) is 23.9 Å². The second-order valence-corrected chi connectivity index (χ2v) is 6.18. The lowest BCUT2D eigenvalue weighted by molar-refractivity contribution is 0.0503. The number of aromatic nitrogens is 3. The van der Waals surface area contributed by atoms with Crippen LogP contribution in [0.15, 0.2) is 41.6 Å².